The molecule has 0 saturated heterocycles. The second-order valence-corrected chi connectivity index (χ2v) is 8.17. The van der Waals surface area contributed by atoms with Gasteiger partial charge >= 0.3 is 5.97 Å². The first-order chi connectivity index (χ1) is 10.2. The lowest BCUT2D eigenvalue weighted by Gasteiger charge is -2.43. The quantitative estimate of drug-likeness (QED) is 0.463. The Morgan fingerprint density at radius 1 is 1.41 bits per heavy atom. The number of halogens is 2. The fourth-order valence-electron chi connectivity index (χ4n) is 3.04. The van der Waals surface area contributed by atoms with E-state index in [-0.39, 0.29) is 16.6 Å². The van der Waals surface area contributed by atoms with E-state index in [2.05, 4.69) is 51.2 Å². The Kier molecular flexibility index (Phi) is 4.97. The largest absolute Gasteiger partial charge is 0.486 e. The van der Waals surface area contributed by atoms with Gasteiger partial charge in [-0.1, -0.05) is 19.8 Å². The average molecular weight is 434 g/mol. The highest BCUT2D eigenvalue weighted by molar-refractivity contribution is 14.2. The number of benzene rings is 1. The number of fused-ring (bicyclic) bond motifs is 1. The smallest absolute Gasteiger partial charge is 0.379 e. The van der Waals surface area contributed by atoms with Crippen molar-refractivity contribution in [3.8, 4) is 16.9 Å². The van der Waals surface area contributed by atoms with Gasteiger partial charge in [-0.15, -0.1) is 0 Å². The van der Waals surface area contributed by atoms with Crippen molar-refractivity contribution in [1.29, 1.82) is 0 Å². The fourth-order valence-corrected chi connectivity index (χ4v) is 3.52. The fraction of sp³-hybridized carbons (Fsp3) is 0.438. The lowest BCUT2D eigenvalue weighted by molar-refractivity contribution is -0.0788. The monoisotopic (exact) mass is 434 g/mol. The molecule has 1 aromatic carbocycles. The Morgan fingerprint density at radius 3 is 2.68 bits per heavy atom. The molecule has 1 aliphatic rings. The lowest BCUT2D eigenvalue weighted by Crippen LogP contribution is -2.41. The van der Waals surface area contributed by atoms with Gasteiger partial charge in [-0.3, -0.25) is 0 Å². The van der Waals surface area contributed by atoms with Gasteiger partial charge in [0.25, 0.3) is 0 Å². The van der Waals surface area contributed by atoms with Crippen LogP contribution in [0.3, 0.4) is 0 Å². The van der Waals surface area contributed by atoms with E-state index in [1.807, 2.05) is 13.8 Å². The molecular formula is C16H16FIO3S. The van der Waals surface area contributed by atoms with E-state index < -0.39 is 5.97 Å². The zero-order chi connectivity index (χ0) is 16.5. The van der Waals surface area contributed by atoms with E-state index in [0.29, 0.717) is 11.3 Å². The summed E-state index contributed by atoms with van der Waals surface area (Å²) in [7, 11) is 1.33. The number of hydrogen-bond acceptors (Lipinski definition) is 4. The lowest BCUT2D eigenvalue weighted by atomic mass is 9.72. The van der Waals surface area contributed by atoms with Gasteiger partial charge in [0, 0.05) is 31.3 Å². The van der Waals surface area contributed by atoms with Crippen molar-refractivity contribution in [2.24, 2.45) is 0 Å². The maximum Gasteiger partial charge on any atom is 0.379 e. The average Bonchev–Trinajstić information content (AvgIpc) is 2.42. The second kappa shape index (κ2) is 6.28. The molecule has 0 spiro atoms. The minimum Gasteiger partial charge on any atom is -0.486 e. The summed E-state index contributed by atoms with van der Waals surface area (Å²) in [4.78, 5) is 14.9. The number of hydrogen-bond donors (Lipinski definition) is 0. The Balaban J connectivity index is 2.71. The normalized spacial score (nSPS) is 17.5. The van der Waals surface area contributed by atoms with E-state index in [0.717, 1.165) is 12.0 Å². The van der Waals surface area contributed by atoms with Crippen LogP contribution in [0.1, 0.15) is 55.6 Å². The Labute approximate surface area is 145 Å². The zero-order valence-electron chi connectivity index (χ0n) is 12.8. The van der Waals surface area contributed by atoms with Crippen LogP contribution in [0.5, 0.6) is 5.75 Å². The molecule has 22 heavy (non-hydrogen) atoms. The molecule has 2 rings (SSSR count). The van der Waals surface area contributed by atoms with Crippen LogP contribution in [0.4, 0.5) is 4.53 Å². The molecule has 3 nitrogen and oxygen atoms in total. The van der Waals surface area contributed by atoms with Crippen molar-refractivity contribution >= 4 is 36.1 Å². The summed E-state index contributed by atoms with van der Waals surface area (Å²) in [5, 5.41) is 2.88. The molecular weight excluding hydrogens is 418 g/mol. The third kappa shape index (κ3) is 3.51. The molecule has 0 atom stereocenters. The van der Waals surface area contributed by atoms with Gasteiger partial charge in [0.05, 0.1) is 11.1 Å². The third-order valence-corrected chi connectivity index (χ3v) is 4.43. The SMILES string of the molecule is CC1(C)CC(C)(C)c2cc(C(=O)OF)cc(C#CSI)c2O1. The van der Waals surface area contributed by atoms with Crippen LogP contribution >= 0.6 is 30.1 Å². The van der Waals surface area contributed by atoms with Gasteiger partial charge < -0.3 is 4.74 Å². The molecule has 118 valence electrons. The van der Waals surface area contributed by atoms with Crippen molar-refractivity contribution in [3.05, 3.63) is 28.8 Å². The number of ether oxygens (including phenoxy) is 1. The van der Waals surface area contributed by atoms with E-state index in [1.165, 1.54) is 15.0 Å². The van der Waals surface area contributed by atoms with E-state index in [4.69, 9.17) is 4.74 Å². The van der Waals surface area contributed by atoms with Crippen molar-refractivity contribution in [2.45, 2.75) is 45.1 Å². The van der Waals surface area contributed by atoms with E-state index in [9.17, 15) is 9.32 Å². The molecule has 0 fully saturated rings. The highest BCUT2D eigenvalue weighted by Crippen LogP contribution is 2.46. The molecule has 0 bridgehead atoms. The number of rotatable bonds is 1. The zero-order valence-corrected chi connectivity index (χ0v) is 15.7. The van der Waals surface area contributed by atoms with Crippen LogP contribution in [0.25, 0.3) is 0 Å². The number of carbonyl (C=O) groups is 1. The third-order valence-electron chi connectivity index (χ3n) is 3.59. The minimum atomic E-state index is -1.02. The Hall–Kier alpha value is -0.940. The summed E-state index contributed by atoms with van der Waals surface area (Å²) in [6, 6.07) is 3.15. The highest BCUT2D eigenvalue weighted by atomic mass is 127. The summed E-state index contributed by atoms with van der Waals surface area (Å²) >= 11 is 2.06. The molecule has 0 N–H and O–H groups in total. The maximum absolute atomic E-state index is 12.3. The van der Waals surface area contributed by atoms with Gasteiger partial charge in [0.2, 0.25) is 0 Å². The standard InChI is InChI=1S/C16H16FIO3S/c1-15(2)9-16(3,4)20-13-10(5-6-22-18)7-11(8-12(13)15)14(19)21-17/h7-8H,9H2,1-4H3. The summed E-state index contributed by atoms with van der Waals surface area (Å²) < 4.78 is 18.4. The van der Waals surface area contributed by atoms with Gasteiger partial charge in [-0.25, -0.2) is 9.74 Å². The van der Waals surface area contributed by atoms with Gasteiger partial charge in [0.15, 0.2) is 0 Å². The van der Waals surface area contributed by atoms with Crippen LogP contribution in [0, 0.1) is 11.2 Å². The Morgan fingerprint density at radius 2 is 2.09 bits per heavy atom. The molecule has 0 saturated carbocycles. The van der Waals surface area contributed by atoms with Crippen LogP contribution in [-0.4, -0.2) is 11.6 Å². The van der Waals surface area contributed by atoms with Crippen molar-refractivity contribution in [3.63, 3.8) is 0 Å². The highest BCUT2D eigenvalue weighted by Gasteiger charge is 2.40. The summed E-state index contributed by atoms with van der Waals surface area (Å²) in [5.41, 5.74) is 0.991. The van der Waals surface area contributed by atoms with Crippen molar-refractivity contribution in [2.75, 3.05) is 0 Å². The van der Waals surface area contributed by atoms with Crippen LogP contribution < -0.4 is 4.74 Å². The first-order valence-corrected chi connectivity index (χ1v) is 10.1. The van der Waals surface area contributed by atoms with Gasteiger partial charge in [0.1, 0.15) is 11.4 Å². The molecule has 6 heteroatoms. The minimum absolute atomic E-state index is 0.139. The van der Waals surface area contributed by atoms with Gasteiger partial charge in [-0.2, -0.15) is 0 Å². The molecule has 0 aromatic heterocycles. The molecule has 0 amide bonds. The predicted molar refractivity (Wildman–Crippen MR) is 93.8 cm³/mol. The molecule has 0 unspecified atom stereocenters. The Bertz CT molecular complexity index is 674. The van der Waals surface area contributed by atoms with Gasteiger partial charge in [-0.05, 0) is 52.0 Å². The van der Waals surface area contributed by atoms with Crippen LogP contribution in [0.2, 0.25) is 0 Å². The predicted octanol–water partition coefficient (Wildman–Crippen LogP) is 4.96. The first-order valence-electron chi connectivity index (χ1n) is 6.69. The van der Waals surface area contributed by atoms with E-state index in [1.54, 1.807) is 6.07 Å². The molecule has 1 heterocycles. The van der Waals surface area contributed by atoms with Crippen molar-refractivity contribution < 1.29 is 19.0 Å². The van der Waals surface area contributed by atoms with Crippen molar-refractivity contribution in [1.82, 2.24) is 0 Å². The summed E-state index contributed by atoms with van der Waals surface area (Å²) in [6.45, 7) is 8.19. The molecule has 0 radical (unpaired) electrons. The summed E-state index contributed by atoms with van der Waals surface area (Å²) in [5.74, 6) is 2.61. The molecule has 1 aliphatic heterocycles. The van der Waals surface area contributed by atoms with Crippen LogP contribution in [-0.2, 0) is 10.4 Å². The summed E-state index contributed by atoms with van der Waals surface area (Å²) in [6.07, 6.45) is 0.773. The first kappa shape index (κ1) is 17.4. The topological polar surface area (TPSA) is 35.5 Å². The maximum atomic E-state index is 12.3. The van der Waals surface area contributed by atoms with E-state index >= 15 is 0 Å². The number of carbonyl (C=O) groups excluding carboxylic acids is 1. The van der Waals surface area contributed by atoms with Crippen LogP contribution in [0.15, 0.2) is 12.1 Å². The molecule has 1 aromatic rings. The second-order valence-electron chi connectivity index (χ2n) is 6.49. The molecule has 0 aliphatic carbocycles.